The molecule has 0 aliphatic carbocycles. The average Bonchev–Trinajstić information content (AvgIpc) is 2.71. The normalized spacial score (nSPS) is 16.0. The first-order valence-corrected chi connectivity index (χ1v) is 12.2. The van der Waals surface area contributed by atoms with E-state index in [4.69, 9.17) is 9.47 Å². The molecule has 0 aromatic heterocycles. The maximum absolute atomic E-state index is 13.0. The Morgan fingerprint density at radius 1 is 1.13 bits per heavy atom. The molecule has 1 aliphatic heterocycles. The van der Waals surface area contributed by atoms with E-state index < -0.39 is 17.5 Å². The van der Waals surface area contributed by atoms with Crippen LogP contribution in [0.3, 0.4) is 0 Å². The van der Waals surface area contributed by atoms with Crippen LogP contribution >= 0.6 is 11.8 Å². The summed E-state index contributed by atoms with van der Waals surface area (Å²) in [5.74, 6) is -1.17. The van der Waals surface area contributed by atoms with Crippen LogP contribution in [0.25, 0.3) is 0 Å². The van der Waals surface area contributed by atoms with E-state index in [0.29, 0.717) is 25.9 Å². The highest BCUT2D eigenvalue weighted by molar-refractivity contribution is 7.98. The maximum atomic E-state index is 13.0. The Labute approximate surface area is 190 Å². The van der Waals surface area contributed by atoms with Crippen LogP contribution in [-0.2, 0) is 25.5 Å². The molecule has 1 aliphatic rings. The highest BCUT2D eigenvalue weighted by Crippen LogP contribution is 2.26. The number of amides is 1. The first-order chi connectivity index (χ1) is 14.6. The molecule has 7 heteroatoms. The van der Waals surface area contributed by atoms with Gasteiger partial charge in [-0.25, -0.2) is 4.79 Å². The predicted molar refractivity (Wildman–Crippen MR) is 122 cm³/mol. The quantitative estimate of drug-likeness (QED) is 0.324. The molecule has 6 nitrogen and oxygen atoms in total. The number of rotatable bonds is 8. The van der Waals surface area contributed by atoms with Gasteiger partial charge in [0.25, 0.3) is 0 Å². The van der Waals surface area contributed by atoms with E-state index in [1.165, 1.54) is 0 Å². The van der Waals surface area contributed by atoms with Gasteiger partial charge < -0.3 is 14.4 Å². The van der Waals surface area contributed by atoms with E-state index >= 15 is 0 Å². The zero-order valence-corrected chi connectivity index (χ0v) is 20.1. The largest absolute Gasteiger partial charge is 0.465 e. The fraction of sp³-hybridized carbons (Fsp3) is 0.625. The molecule has 0 saturated carbocycles. The van der Waals surface area contributed by atoms with Gasteiger partial charge >= 0.3 is 12.1 Å². The third-order valence-corrected chi connectivity index (χ3v) is 6.06. The van der Waals surface area contributed by atoms with E-state index in [1.54, 1.807) is 23.6 Å². The number of thioether (sulfide) groups is 1. The van der Waals surface area contributed by atoms with Gasteiger partial charge in [-0.15, -0.1) is 11.8 Å². The van der Waals surface area contributed by atoms with E-state index in [0.717, 1.165) is 23.3 Å². The number of carbonyl (C=O) groups is 3. The lowest BCUT2D eigenvalue weighted by molar-refractivity contribution is -0.151. The van der Waals surface area contributed by atoms with Crippen molar-refractivity contribution in [3.05, 3.63) is 29.8 Å². The summed E-state index contributed by atoms with van der Waals surface area (Å²) >= 11 is 1.65. The van der Waals surface area contributed by atoms with Gasteiger partial charge in [0.2, 0.25) is 0 Å². The topological polar surface area (TPSA) is 72.9 Å². The Bertz CT molecular complexity index is 748. The summed E-state index contributed by atoms with van der Waals surface area (Å²) in [4.78, 5) is 40.6. The summed E-state index contributed by atoms with van der Waals surface area (Å²) in [5.41, 5.74) is 0.425. The van der Waals surface area contributed by atoms with E-state index in [2.05, 4.69) is 0 Å². The second-order valence-corrected chi connectivity index (χ2v) is 9.82. The average molecular weight is 450 g/mol. The van der Waals surface area contributed by atoms with Crippen molar-refractivity contribution >= 4 is 29.6 Å². The second kappa shape index (κ2) is 11.6. The minimum atomic E-state index is -0.788. The van der Waals surface area contributed by atoms with Crippen molar-refractivity contribution in [2.24, 2.45) is 11.8 Å². The summed E-state index contributed by atoms with van der Waals surface area (Å²) in [6.45, 7) is 8.67. The standard InChI is InChI=1S/C24H35NO5S/c1-6-29-22(27)20(15-17-7-9-19(31-5)10-8-17)21(26)16-18-11-13-25(14-12-18)23(28)30-24(2,3)4/h7-10,18,20H,6,11-16H2,1-5H3. The van der Waals surface area contributed by atoms with Crippen molar-refractivity contribution in [2.75, 3.05) is 26.0 Å². The maximum Gasteiger partial charge on any atom is 0.410 e. The molecule has 1 aromatic rings. The number of carbonyl (C=O) groups excluding carboxylic acids is 3. The van der Waals surface area contributed by atoms with Gasteiger partial charge in [-0.05, 0) is 76.8 Å². The Morgan fingerprint density at radius 2 is 1.74 bits per heavy atom. The van der Waals surface area contributed by atoms with Gasteiger partial charge in [0.05, 0.1) is 6.61 Å². The third-order valence-electron chi connectivity index (χ3n) is 5.31. The van der Waals surface area contributed by atoms with Crippen molar-refractivity contribution in [3.63, 3.8) is 0 Å². The molecular formula is C24H35NO5S. The van der Waals surface area contributed by atoms with Crippen molar-refractivity contribution in [3.8, 4) is 0 Å². The number of hydrogen-bond donors (Lipinski definition) is 0. The number of benzene rings is 1. The van der Waals surface area contributed by atoms with Crippen molar-refractivity contribution in [2.45, 2.75) is 63.9 Å². The molecule has 1 aromatic carbocycles. The molecule has 0 bridgehead atoms. The summed E-state index contributed by atoms with van der Waals surface area (Å²) in [7, 11) is 0. The molecule has 1 heterocycles. The summed E-state index contributed by atoms with van der Waals surface area (Å²) in [6, 6.07) is 7.92. The lowest BCUT2D eigenvalue weighted by atomic mass is 9.85. The first kappa shape index (κ1) is 25.2. The smallest absolute Gasteiger partial charge is 0.410 e. The van der Waals surface area contributed by atoms with Gasteiger partial charge in [-0.3, -0.25) is 9.59 Å². The molecule has 0 radical (unpaired) electrons. The van der Waals surface area contributed by atoms with Crippen LogP contribution in [0.4, 0.5) is 4.79 Å². The molecular weight excluding hydrogens is 414 g/mol. The van der Waals surface area contributed by atoms with Crippen molar-refractivity contribution in [1.29, 1.82) is 0 Å². The number of esters is 1. The highest BCUT2D eigenvalue weighted by atomic mass is 32.2. The van der Waals surface area contributed by atoms with Crippen LogP contribution < -0.4 is 0 Å². The van der Waals surface area contributed by atoms with Crippen LogP contribution in [0.1, 0.15) is 52.5 Å². The van der Waals surface area contributed by atoms with Crippen LogP contribution in [0, 0.1) is 11.8 Å². The van der Waals surface area contributed by atoms with Crippen LogP contribution in [-0.4, -0.2) is 54.3 Å². The molecule has 1 atom stereocenters. The molecule has 1 saturated heterocycles. The fourth-order valence-electron chi connectivity index (χ4n) is 3.64. The molecule has 2 rings (SSSR count). The Balaban J connectivity index is 1.95. The second-order valence-electron chi connectivity index (χ2n) is 8.94. The minimum Gasteiger partial charge on any atom is -0.465 e. The van der Waals surface area contributed by atoms with Gasteiger partial charge in [0, 0.05) is 24.4 Å². The van der Waals surface area contributed by atoms with E-state index in [1.807, 2.05) is 51.3 Å². The number of Topliss-reactive ketones (excluding diaryl/α,β-unsaturated/α-hetero) is 1. The lowest BCUT2D eigenvalue weighted by Crippen LogP contribution is -2.42. The summed E-state index contributed by atoms with van der Waals surface area (Å²) in [5, 5.41) is 0. The SMILES string of the molecule is CCOC(=O)C(Cc1ccc(SC)cc1)C(=O)CC1CCN(C(=O)OC(C)(C)C)CC1. The molecule has 0 N–H and O–H groups in total. The third kappa shape index (κ3) is 8.20. The van der Waals surface area contributed by atoms with E-state index in [9.17, 15) is 14.4 Å². The number of likely N-dealkylation sites (tertiary alicyclic amines) is 1. The number of hydrogen-bond acceptors (Lipinski definition) is 6. The fourth-order valence-corrected chi connectivity index (χ4v) is 4.05. The van der Waals surface area contributed by atoms with Crippen LogP contribution in [0.2, 0.25) is 0 Å². The molecule has 0 spiro atoms. The Hall–Kier alpha value is -2.02. The highest BCUT2D eigenvalue weighted by Gasteiger charge is 2.32. The zero-order valence-electron chi connectivity index (χ0n) is 19.3. The van der Waals surface area contributed by atoms with E-state index in [-0.39, 0.29) is 24.4 Å². The van der Waals surface area contributed by atoms with Crippen molar-refractivity contribution in [1.82, 2.24) is 4.90 Å². The minimum absolute atomic E-state index is 0.0805. The monoisotopic (exact) mass is 449 g/mol. The number of ether oxygens (including phenoxy) is 2. The van der Waals surface area contributed by atoms with Gasteiger partial charge in [-0.2, -0.15) is 0 Å². The van der Waals surface area contributed by atoms with Gasteiger partial charge in [0.15, 0.2) is 0 Å². The predicted octanol–water partition coefficient (Wildman–Crippen LogP) is 4.74. The molecule has 1 unspecified atom stereocenters. The summed E-state index contributed by atoms with van der Waals surface area (Å²) < 4.78 is 10.6. The van der Waals surface area contributed by atoms with Crippen molar-refractivity contribution < 1.29 is 23.9 Å². The van der Waals surface area contributed by atoms with Crippen LogP contribution in [0.5, 0.6) is 0 Å². The Morgan fingerprint density at radius 3 is 2.26 bits per heavy atom. The molecule has 1 amide bonds. The lowest BCUT2D eigenvalue weighted by Gasteiger charge is -2.33. The first-order valence-electron chi connectivity index (χ1n) is 10.9. The van der Waals surface area contributed by atoms with Gasteiger partial charge in [-0.1, -0.05) is 12.1 Å². The number of piperidine rings is 1. The molecule has 31 heavy (non-hydrogen) atoms. The Kier molecular flexibility index (Phi) is 9.41. The number of ketones is 1. The van der Waals surface area contributed by atoms with Crippen LogP contribution in [0.15, 0.2) is 29.2 Å². The zero-order chi connectivity index (χ0) is 23.0. The molecule has 172 valence electrons. The number of nitrogens with zero attached hydrogens (tertiary/aromatic N) is 1. The molecule has 1 fully saturated rings. The summed E-state index contributed by atoms with van der Waals surface area (Å²) in [6.07, 6.45) is 3.83. The van der Waals surface area contributed by atoms with Gasteiger partial charge in [0.1, 0.15) is 17.3 Å².